The molecule has 4 rings (SSSR count). The number of hydrogen-bond acceptors (Lipinski definition) is 3. The van der Waals surface area contributed by atoms with Crippen molar-refractivity contribution in [2.45, 2.75) is 25.4 Å². The van der Waals surface area contributed by atoms with E-state index in [1.165, 1.54) is 12.1 Å². The normalized spacial score (nSPS) is 17.0. The van der Waals surface area contributed by atoms with Gasteiger partial charge in [0.1, 0.15) is 11.6 Å². The number of nitrogens with zero attached hydrogens (tertiary/aromatic N) is 3. The van der Waals surface area contributed by atoms with Crippen LogP contribution in [-0.2, 0) is 18.4 Å². The lowest BCUT2D eigenvalue weighted by Crippen LogP contribution is -2.39. The van der Waals surface area contributed by atoms with Gasteiger partial charge >= 0.3 is 0 Å². The van der Waals surface area contributed by atoms with E-state index in [2.05, 4.69) is 15.2 Å². The van der Waals surface area contributed by atoms with Gasteiger partial charge in [-0.25, -0.2) is 9.37 Å². The first-order chi connectivity index (χ1) is 13.6. The summed E-state index contributed by atoms with van der Waals surface area (Å²) in [5, 5.41) is 3.05. The summed E-state index contributed by atoms with van der Waals surface area (Å²) in [7, 11) is 1.97. The number of nitrogens with one attached hydrogen (secondary N) is 1. The highest BCUT2D eigenvalue weighted by Gasteiger charge is 2.31. The van der Waals surface area contributed by atoms with Gasteiger partial charge in [0, 0.05) is 25.1 Å². The van der Waals surface area contributed by atoms with Gasteiger partial charge in [-0.2, -0.15) is 0 Å². The number of halogens is 1. The molecule has 1 unspecified atom stereocenters. The summed E-state index contributed by atoms with van der Waals surface area (Å²) < 4.78 is 15.1. The van der Waals surface area contributed by atoms with Crippen LogP contribution in [0.25, 0.3) is 11.1 Å². The summed E-state index contributed by atoms with van der Waals surface area (Å²) in [6.07, 6.45) is 5.54. The Hall–Kier alpha value is -2.99. The van der Waals surface area contributed by atoms with Crippen LogP contribution in [0.15, 0.2) is 60.9 Å². The molecule has 3 aromatic rings. The zero-order valence-electron chi connectivity index (χ0n) is 15.8. The number of aryl methyl sites for hydroxylation is 1. The maximum absolute atomic E-state index is 13.2. The summed E-state index contributed by atoms with van der Waals surface area (Å²) in [4.78, 5) is 19.5. The number of hydrogen-bond donors (Lipinski definition) is 1. The number of carbonyl (C=O) groups is 1. The SMILES string of the molecule is Cn1ccnc1CN1CCCC1C(=O)Nc1cccc(-c2ccc(F)cc2)c1. The van der Waals surface area contributed by atoms with Crippen LogP contribution in [0.1, 0.15) is 18.7 Å². The molecular weight excluding hydrogens is 355 g/mol. The third kappa shape index (κ3) is 3.97. The van der Waals surface area contributed by atoms with Crippen molar-refractivity contribution >= 4 is 11.6 Å². The van der Waals surface area contributed by atoms with E-state index >= 15 is 0 Å². The fraction of sp³-hybridized carbons (Fsp3) is 0.273. The van der Waals surface area contributed by atoms with Crippen molar-refractivity contribution in [2.24, 2.45) is 7.05 Å². The monoisotopic (exact) mass is 378 g/mol. The molecule has 2 heterocycles. The Kier molecular flexibility index (Phi) is 5.21. The highest BCUT2D eigenvalue weighted by Crippen LogP contribution is 2.25. The molecule has 5 nitrogen and oxygen atoms in total. The summed E-state index contributed by atoms with van der Waals surface area (Å²) in [5.74, 6) is 0.697. The summed E-state index contributed by atoms with van der Waals surface area (Å²) >= 11 is 0. The average Bonchev–Trinajstić information content (AvgIpc) is 3.32. The number of carbonyl (C=O) groups excluding carboxylic acids is 1. The van der Waals surface area contributed by atoms with Gasteiger partial charge in [0.2, 0.25) is 5.91 Å². The Morgan fingerprint density at radius 1 is 1.21 bits per heavy atom. The zero-order chi connectivity index (χ0) is 19.5. The molecule has 1 atom stereocenters. The summed E-state index contributed by atoms with van der Waals surface area (Å²) in [6.45, 7) is 1.55. The van der Waals surface area contributed by atoms with Gasteiger partial charge in [0.15, 0.2) is 0 Å². The van der Waals surface area contributed by atoms with Crippen LogP contribution < -0.4 is 5.32 Å². The molecule has 1 amide bonds. The fourth-order valence-corrected chi connectivity index (χ4v) is 3.69. The van der Waals surface area contributed by atoms with Crippen molar-refractivity contribution in [1.29, 1.82) is 0 Å². The molecule has 0 bridgehead atoms. The Morgan fingerprint density at radius 2 is 2.04 bits per heavy atom. The number of benzene rings is 2. The second kappa shape index (κ2) is 7.94. The zero-order valence-corrected chi connectivity index (χ0v) is 15.8. The number of rotatable bonds is 5. The number of amides is 1. The van der Waals surface area contributed by atoms with Crippen molar-refractivity contribution in [3.63, 3.8) is 0 Å². The number of likely N-dealkylation sites (tertiary alicyclic amines) is 1. The lowest BCUT2D eigenvalue weighted by atomic mass is 10.0. The van der Waals surface area contributed by atoms with Gasteiger partial charge in [-0.3, -0.25) is 9.69 Å². The molecule has 1 aromatic heterocycles. The molecule has 0 aliphatic carbocycles. The smallest absolute Gasteiger partial charge is 0.241 e. The van der Waals surface area contributed by atoms with Crippen LogP contribution >= 0.6 is 0 Å². The van der Waals surface area contributed by atoms with Crippen molar-refractivity contribution in [2.75, 3.05) is 11.9 Å². The molecule has 1 aliphatic heterocycles. The largest absolute Gasteiger partial charge is 0.337 e. The molecule has 0 spiro atoms. The first-order valence-electron chi connectivity index (χ1n) is 9.47. The van der Waals surface area contributed by atoms with E-state index in [-0.39, 0.29) is 17.8 Å². The molecular formula is C22H23FN4O. The van der Waals surface area contributed by atoms with Crippen molar-refractivity contribution < 1.29 is 9.18 Å². The van der Waals surface area contributed by atoms with E-state index in [9.17, 15) is 9.18 Å². The van der Waals surface area contributed by atoms with E-state index < -0.39 is 0 Å². The quantitative estimate of drug-likeness (QED) is 0.734. The number of aromatic nitrogens is 2. The first kappa shape index (κ1) is 18.4. The molecule has 0 saturated carbocycles. The Bertz CT molecular complexity index is 967. The Balaban J connectivity index is 1.46. The topological polar surface area (TPSA) is 50.2 Å². The molecule has 144 valence electrons. The van der Waals surface area contributed by atoms with Gasteiger partial charge in [0.25, 0.3) is 0 Å². The van der Waals surface area contributed by atoms with Crippen molar-refractivity contribution in [3.05, 3.63) is 72.6 Å². The minimum atomic E-state index is -0.262. The van der Waals surface area contributed by atoms with Gasteiger partial charge in [0.05, 0.1) is 12.6 Å². The van der Waals surface area contributed by atoms with Crippen LogP contribution in [0, 0.1) is 5.82 Å². The van der Waals surface area contributed by atoms with Crippen LogP contribution in [-0.4, -0.2) is 32.9 Å². The Morgan fingerprint density at radius 3 is 2.79 bits per heavy atom. The maximum Gasteiger partial charge on any atom is 0.241 e. The van der Waals surface area contributed by atoms with E-state index in [1.54, 1.807) is 18.3 Å². The number of anilines is 1. The predicted molar refractivity (Wildman–Crippen MR) is 107 cm³/mol. The standard InChI is InChI=1S/C22H23FN4O/c1-26-13-11-24-21(26)15-27-12-3-6-20(27)22(28)25-19-5-2-4-17(14-19)16-7-9-18(23)10-8-16/h2,4-5,7-11,13-14,20H,3,6,12,15H2,1H3,(H,25,28). The van der Waals surface area contributed by atoms with E-state index in [4.69, 9.17) is 0 Å². The lowest BCUT2D eigenvalue weighted by Gasteiger charge is -2.23. The van der Waals surface area contributed by atoms with Gasteiger partial charge in [-0.15, -0.1) is 0 Å². The third-order valence-corrected chi connectivity index (χ3v) is 5.24. The van der Waals surface area contributed by atoms with Gasteiger partial charge in [-0.05, 0) is 54.8 Å². The third-order valence-electron chi connectivity index (χ3n) is 5.24. The number of imidazole rings is 1. The lowest BCUT2D eigenvalue weighted by molar-refractivity contribution is -0.120. The molecule has 1 aliphatic rings. The Labute approximate surface area is 163 Å². The van der Waals surface area contributed by atoms with Crippen molar-refractivity contribution in [1.82, 2.24) is 14.5 Å². The minimum absolute atomic E-state index is 0.00275. The first-order valence-corrected chi connectivity index (χ1v) is 9.47. The van der Waals surface area contributed by atoms with Crippen LogP contribution in [0.2, 0.25) is 0 Å². The molecule has 1 saturated heterocycles. The highest BCUT2D eigenvalue weighted by molar-refractivity contribution is 5.95. The second-order valence-corrected chi connectivity index (χ2v) is 7.16. The van der Waals surface area contributed by atoms with E-state index in [1.807, 2.05) is 42.1 Å². The van der Waals surface area contributed by atoms with Crippen LogP contribution in [0.4, 0.5) is 10.1 Å². The van der Waals surface area contributed by atoms with Gasteiger partial charge in [-0.1, -0.05) is 24.3 Å². The second-order valence-electron chi connectivity index (χ2n) is 7.16. The van der Waals surface area contributed by atoms with Gasteiger partial charge < -0.3 is 9.88 Å². The van der Waals surface area contributed by atoms with E-state index in [0.717, 1.165) is 42.0 Å². The molecule has 1 N–H and O–H groups in total. The van der Waals surface area contributed by atoms with Crippen molar-refractivity contribution in [3.8, 4) is 11.1 Å². The molecule has 6 heteroatoms. The molecule has 28 heavy (non-hydrogen) atoms. The maximum atomic E-state index is 13.2. The highest BCUT2D eigenvalue weighted by atomic mass is 19.1. The predicted octanol–water partition coefficient (Wildman–Crippen LogP) is 3.83. The molecule has 2 aromatic carbocycles. The summed E-state index contributed by atoms with van der Waals surface area (Å²) in [5.41, 5.74) is 2.60. The minimum Gasteiger partial charge on any atom is -0.337 e. The van der Waals surface area contributed by atoms with Crippen LogP contribution in [0.5, 0.6) is 0 Å². The van der Waals surface area contributed by atoms with Crippen LogP contribution in [0.3, 0.4) is 0 Å². The molecule has 0 radical (unpaired) electrons. The average molecular weight is 378 g/mol. The summed E-state index contributed by atoms with van der Waals surface area (Å²) in [6, 6.07) is 13.8. The molecule has 1 fully saturated rings. The van der Waals surface area contributed by atoms with E-state index in [0.29, 0.717) is 6.54 Å². The fourth-order valence-electron chi connectivity index (χ4n) is 3.69.